The summed E-state index contributed by atoms with van der Waals surface area (Å²) in [6.07, 6.45) is 0. The minimum atomic E-state index is -1.33. The molecule has 0 bridgehead atoms. The monoisotopic (exact) mass is 721 g/mol. The zero-order chi connectivity index (χ0) is 35.6. The standard InChI is InChI=1S/C52H33PS/c1-3-12-34(13-4-1)37-16-9-18-41(30-37)53(42-19-10-17-38(31-42)35-14-5-2-6-15-35)40-27-24-36(25-28-40)39-26-29-46-49(32-39)54-50-33-48-44-21-8-7-20-43(44)45-22-11-23-47(51(45)48)52(46)50/h1-33H/p+1. The zero-order valence-corrected chi connectivity index (χ0v) is 31.3. The molecule has 9 aromatic carbocycles. The lowest BCUT2D eigenvalue weighted by Gasteiger charge is -2.14. The van der Waals surface area contributed by atoms with Gasteiger partial charge in [0, 0.05) is 20.2 Å². The second-order valence-corrected chi connectivity index (χ2v) is 17.8. The molecule has 0 N–H and O–H groups in total. The second kappa shape index (κ2) is 12.8. The number of hydrogen-bond donors (Lipinski definition) is 0. The molecule has 1 heterocycles. The van der Waals surface area contributed by atoms with Crippen molar-refractivity contribution < 1.29 is 0 Å². The average molecular weight is 722 g/mol. The van der Waals surface area contributed by atoms with Crippen molar-refractivity contribution in [1.29, 1.82) is 0 Å². The average Bonchev–Trinajstić information content (AvgIpc) is 3.78. The SMILES string of the molecule is c1ccc(-c2cccc([PH+](c3ccc(-c4ccc5c(c4)sc4cc6c7c(cccc7c45)-c4ccccc4-6)cc3)c3cccc(-c4ccccc4)c3)c2)cc1. The van der Waals surface area contributed by atoms with Gasteiger partial charge in [-0.1, -0.05) is 152 Å². The van der Waals surface area contributed by atoms with E-state index >= 15 is 0 Å². The molecule has 54 heavy (non-hydrogen) atoms. The summed E-state index contributed by atoms with van der Waals surface area (Å²) >= 11 is 1.92. The maximum Gasteiger partial charge on any atom is 0.103 e. The predicted octanol–water partition coefficient (Wildman–Crippen LogP) is 13.3. The van der Waals surface area contributed by atoms with Crippen LogP contribution in [0.1, 0.15) is 0 Å². The molecule has 0 saturated heterocycles. The summed E-state index contributed by atoms with van der Waals surface area (Å²) < 4.78 is 2.70. The first-order valence-electron chi connectivity index (χ1n) is 18.6. The van der Waals surface area contributed by atoms with Gasteiger partial charge in [0.05, 0.1) is 7.92 Å². The van der Waals surface area contributed by atoms with Crippen LogP contribution < -0.4 is 15.9 Å². The van der Waals surface area contributed by atoms with Gasteiger partial charge in [-0.25, -0.2) is 0 Å². The van der Waals surface area contributed by atoms with Crippen LogP contribution in [0.25, 0.3) is 86.6 Å². The van der Waals surface area contributed by atoms with Crippen molar-refractivity contribution in [2.24, 2.45) is 0 Å². The van der Waals surface area contributed by atoms with Gasteiger partial charge in [-0.3, -0.25) is 0 Å². The molecular formula is C52H34PS+. The smallest absolute Gasteiger partial charge is 0.103 e. The molecule has 0 aliphatic heterocycles. The summed E-state index contributed by atoms with van der Waals surface area (Å²) in [7, 11) is -1.33. The fraction of sp³-hybridized carbons (Fsp3) is 0. The van der Waals surface area contributed by atoms with Gasteiger partial charge < -0.3 is 0 Å². The lowest BCUT2D eigenvalue weighted by molar-refractivity contribution is 1.63. The minimum absolute atomic E-state index is 1.25. The first-order valence-corrected chi connectivity index (χ1v) is 20.9. The Labute approximate surface area is 320 Å². The summed E-state index contributed by atoms with van der Waals surface area (Å²) in [4.78, 5) is 0. The molecule has 252 valence electrons. The molecule has 0 unspecified atom stereocenters. The molecule has 1 aliphatic rings. The van der Waals surface area contributed by atoms with Crippen molar-refractivity contribution in [3.63, 3.8) is 0 Å². The van der Waals surface area contributed by atoms with E-state index in [2.05, 4.69) is 200 Å². The van der Waals surface area contributed by atoms with Crippen LogP contribution in [0.5, 0.6) is 0 Å². The highest BCUT2D eigenvalue weighted by Crippen LogP contribution is 2.52. The highest BCUT2D eigenvalue weighted by Gasteiger charge is 2.27. The Balaban J connectivity index is 1.00. The van der Waals surface area contributed by atoms with Gasteiger partial charge in [0.1, 0.15) is 15.9 Å². The summed E-state index contributed by atoms with van der Waals surface area (Å²) in [5.74, 6) is 0. The van der Waals surface area contributed by atoms with Crippen molar-refractivity contribution in [3.05, 3.63) is 200 Å². The van der Waals surface area contributed by atoms with Crippen LogP contribution in [-0.2, 0) is 0 Å². The Kier molecular flexibility index (Phi) is 7.44. The van der Waals surface area contributed by atoms with Crippen LogP contribution in [0.4, 0.5) is 0 Å². The van der Waals surface area contributed by atoms with Crippen molar-refractivity contribution in [3.8, 4) is 55.6 Å². The zero-order valence-electron chi connectivity index (χ0n) is 29.5. The Morgan fingerprint density at radius 2 is 0.796 bits per heavy atom. The predicted molar refractivity (Wildman–Crippen MR) is 238 cm³/mol. The summed E-state index contributed by atoms with van der Waals surface area (Å²) in [5, 5.41) is 9.64. The van der Waals surface area contributed by atoms with Crippen LogP contribution in [0, 0.1) is 0 Å². The molecule has 2 heteroatoms. The normalized spacial score (nSPS) is 11.9. The van der Waals surface area contributed by atoms with Crippen LogP contribution >= 0.6 is 19.3 Å². The van der Waals surface area contributed by atoms with Crippen LogP contribution in [0.15, 0.2) is 200 Å². The first kappa shape index (κ1) is 31.4. The molecule has 0 spiro atoms. The van der Waals surface area contributed by atoms with Gasteiger partial charge in [-0.2, -0.15) is 0 Å². The van der Waals surface area contributed by atoms with Gasteiger partial charge in [0.15, 0.2) is 0 Å². The van der Waals surface area contributed by atoms with E-state index in [0.717, 1.165) is 0 Å². The number of fused-ring (bicyclic) bond motifs is 7. The lowest BCUT2D eigenvalue weighted by Crippen LogP contribution is -2.21. The van der Waals surface area contributed by atoms with E-state index in [1.807, 2.05) is 11.3 Å². The van der Waals surface area contributed by atoms with Gasteiger partial charge >= 0.3 is 0 Å². The van der Waals surface area contributed by atoms with Crippen LogP contribution in [0.3, 0.4) is 0 Å². The van der Waals surface area contributed by atoms with E-state index in [1.54, 1.807) is 0 Å². The summed E-state index contributed by atoms with van der Waals surface area (Å²) in [5.41, 5.74) is 12.9. The van der Waals surface area contributed by atoms with Gasteiger partial charge in [0.2, 0.25) is 0 Å². The second-order valence-electron chi connectivity index (χ2n) is 14.2. The van der Waals surface area contributed by atoms with Crippen LogP contribution in [0.2, 0.25) is 0 Å². The minimum Gasteiger partial charge on any atom is -0.135 e. The quantitative estimate of drug-likeness (QED) is 0.150. The van der Waals surface area contributed by atoms with E-state index in [0.29, 0.717) is 0 Å². The molecule has 0 atom stereocenters. The summed E-state index contributed by atoms with van der Waals surface area (Å²) in [6, 6.07) is 74.6. The third-order valence-electron chi connectivity index (χ3n) is 11.1. The Hall–Kier alpha value is -6.11. The fourth-order valence-corrected chi connectivity index (χ4v) is 12.4. The van der Waals surface area contributed by atoms with Crippen molar-refractivity contribution in [2.75, 3.05) is 0 Å². The third kappa shape index (κ3) is 5.16. The molecule has 0 nitrogen and oxygen atoms in total. The number of thiophene rings is 1. The third-order valence-corrected chi connectivity index (χ3v) is 14.9. The molecule has 10 aromatic rings. The maximum atomic E-state index is 2.44. The van der Waals surface area contributed by atoms with E-state index in [9.17, 15) is 0 Å². The van der Waals surface area contributed by atoms with Gasteiger partial charge in [0.25, 0.3) is 0 Å². The number of benzene rings is 9. The van der Waals surface area contributed by atoms with Gasteiger partial charge in [-0.15, -0.1) is 11.3 Å². The highest BCUT2D eigenvalue weighted by molar-refractivity contribution is 7.79. The molecule has 1 aromatic heterocycles. The topological polar surface area (TPSA) is 0 Å². The number of hydrogen-bond acceptors (Lipinski definition) is 1. The summed E-state index contributed by atoms with van der Waals surface area (Å²) in [6.45, 7) is 0. The van der Waals surface area contributed by atoms with E-state index < -0.39 is 7.92 Å². The molecule has 0 radical (unpaired) electrons. The van der Waals surface area contributed by atoms with E-state index in [4.69, 9.17) is 0 Å². The fourth-order valence-electron chi connectivity index (χ4n) is 8.62. The number of rotatable bonds is 6. The van der Waals surface area contributed by atoms with E-state index in [1.165, 1.54) is 102 Å². The lowest BCUT2D eigenvalue weighted by atomic mass is 9.97. The first-order chi connectivity index (χ1) is 26.8. The molecule has 0 saturated carbocycles. The Morgan fingerprint density at radius 3 is 1.46 bits per heavy atom. The van der Waals surface area contributed by atoms with Crippen molar-refractivity contribution in [2.45, 2.75) is 0 Å². The van der Waals surface area contributed by atoms with Crippen LogP contribution in [-0.4, -0.2) is 0 Å². The Morgan fingerprint density at radius 1 is 0.278 bits per heavy atom. The molecule has 11 rings (SSSR count). The van der Waals surface area contributed by atoms with Gasteiger partial charge in [-0.05, 0) is 115 Å². The molecule has 0 fully saturated rings. The van der Waals surface area contributed by atoms with Crippen molar-refractivity contribution >= 4 is 66.1 Å². The maximum absolute atomic E-state index is 2.44. The van der Waals surface area contributed by atoms with E-state index in [-0.39, 0.29) is 0 Å². The molecule has 1 aliphatic carbocycles. The largest absolute Gasteiger partial charge is 0.135 e. The molecular weight excluding hydrogens is 688 g/mol. The highest BCUT2D eigenvalue weighted by atomic mass is 32.1. The Bertz CT molecular complexity index is 2950. The molecule has 0 amide bonds. The van der Waals surface area contributed by atoms with Crippen molar-refractivity contribution in [1.82, 2.24) is 0 Å².